The molecule has 1 aromatic carbocycles. The lowest BCUT2D eigenvalue weighted by molar-refractivity contribution is 0.0186. The van der Waals surface area contributed by atoms with Gasteiger partial charge in [0.2, 0.25) is 0 Å². The monoisotopic (exact) mass is 558 g/mol. The maximum atomic E-state index is 5.54. The number of nitrogens with zero attached hydrogens (tertiary/aromatic N) is 2. The number of hydrogen-bond acceptors (Lipinski definition) is 5. The van der Waals surface area contributed by atoms with Crippen molar-refractivity contribution in [3.8, 4) is 5.75 Å². The lowest BCUT2D eigenvalue weighted by Gasteiger charge is -2.33. The van der Waals surface area contributed by atoms with Crippen LogP contribution in [0.3, 0.4) is 0 Å². The Morgan fingerprint density at radius 1 is 1.26 bits per heavy atom. The first-order valence-corrected chi connectivity index (χ1v) is 11.6. The summed E-state index contributed by atoms with van der Waals surface area (Å²) in [4.78, 5) is 8.77. The van der Waals surface area contributed by atoms with Gasteiger partial charge in [-0.1, -0.05) is 18.2 Å². The number of aryl methyl sites for hydroxylation is 1. The Morgan fingerprint density at radius 2 is 2.06 bits per heavy atom. The fourth-order valence-corrected chi connectivity index (χ4v) is 4.47. The van der Waals surface area contributed by atoms with Gasteiger partial charge >= 0.3 is 0 Å². The van der Waals surface area contributed by atoms with Crippen molar-refractivity contribution in [1.82, 2.24) is 15.5 Å². The standard InChI is InChI=1S/C23H34N4O2S.HI/c1-4-24-23(25-10-9-19-8-7-18(2)21(16-19)28-3)26-17-20(22-6-5-15-30-22)27-11-13-29-14-12-27;/h5-8,15-16,20H,4,9-14,17H2,1-3H3,(H2,24,25,26);1H. The zero-order chi connectivity index (χ0) is 21.2. The van der Waals surface area contributed by atoms with Gasteiger partial charge in [0.1, 0.15) is 5.75 Å². The van der Waals surface area contributed by atoms with Crippen molar-refractivity contribution >= 4 is 41.3 Å². The summed E-state index contributed by atoms with van der Waals surface area (Å²) < 4.78 is 11.0. The number of ether oxygens (including phenoxy) is 2. The molecule has 2 aromatic rings. The number of morpholine rings is 1. The highest BCUT2D eigenvalue weighted by atomic mass is 127. The van der Waals surface area contributed by atoms with Gasteiger partial charge in [0.15, 0.2) is 5.96 Å². The van der Waals surface area contributed by atoms with Gasteiger partial charge in [0, 0.05) is 31.1 Å². The van der Waals surface area contributed by atoms with Crippen LogP contribution >= 0.6 is 35.3 Å². The Bertz CT molecular complexity index is 795. The topological polar surface area (TPSA) is 58.1 Å². The molecule has 1 unspecified atom stereocenters. The first kappa shape index (κ1) is 25.9. The number of halogens is 1. The Kier molecular flexibility index (Phi) is 11.6. The SMILES string of the molecule is CCNC(=NCC(c1cccs1)N1CCOCC1)NCCc1ccc(C)c(OC)c1.I. The van der Waals surface area contributed by atoms with Crippen LogP contribution in [0.1, 0.15) is 29.0 Å². The van der Waals surface area contributed by atoms with Crippen molar-refractivity contribution < 1.29 is 9.47 Å². The predicted molar refractivity (Wildman–Crippen MR) is 140 cm³/mol. The van der Waals surface area contributed by atoms with E-state index in [1.165, 1.54) is 10.4 Å². The molecule has 1 saturated heterocycles. The van der Waals surface area contributed by atoms with Crippen LogP contribution in [0.4, 0.5) is 0 Å². The van der Waals surface area contributed by atoms with Crippen LogP contribution in [0.5, 0.6) is 5.75 Å². The van der Waals surface area contributed by atoms with Gasteiger partial charge in [-0.2, -0.15) is 0 Å². The van der Waals surface area contributed by atoms with Gasteiger partial charge in [-0.05, 0) is 48.9 Å². The van der Waals surface area contributed by atoms with Gasteiger partial charge in [-0.25, -0.2) is 0 Å². The zero-order valence-electron chi connectivity index (χ0n) is 18.7. The van der Waals surface area contributed by atoms with E-state index in [4.69, 9.17) is 14.5 Å². The molecule has 6 nitrogen and oxygen atoms in total. The summed E-state index contributed by atoms with van der Waals surface area (Å²) in [5.41, 5.74) is 2.41. The molecule has 1 aliphatic heterocycles. The second kappa shape index (κ2) is 13.9. The molecule has 0 aliphatic carbocycles. The average Bonchev–Trinajstić information content (AvgIpc) is 3.30. The number of guanidine groups is 1. The second-order valence-corrected chi connectivity index (χ2v) is 8.36. The molecular formula is C23H35IN4O2S. The number of aliphatic imine (C=N–C) groups is 1. The predicted octanol–water partition coefficient (Wildman–Crippen LogP) is 3.85. The summed E-state index contributed by atoms with van der Waals surface area (Å²) in [5.74, 6) is 1.81. The minimum Gasteiger partial charge on any atom is -0.496 e. The second-order valence-electron chi connectivity index (χ2n) is 7.38. The fraction of sp³-hybridized carbons (Fsp3) is 0.522. The summed E-state index contributed by atoms with van der Waals surface area (Å²) >= 11 is 1.81. The van der Waals surface area contributed by atoms with Crippen LogP contribution < -0.4 is 15.4 Å². The van der Waals surface area contributed by atoms with E-state index in [1.807, 2.05) is 0 Å². The summed E-state index contributed by atoms with van der Waals surface area (Å²) in [5, 5.41) is 9.01. The first-order chi connectivity index (χ1) is 14.7. The van der Waals surface area contributed by atoms with Crippen LogP contribution in [0.2, 0.25) is 0 Å². The van der Waals surface area contributed by atoms with E-state index in [9.17, 15) is 0 Å². The summed E-state index contributed by atoms with van der Waals surface area (Å²) in [6.07, 6.45) is 0.916. The van der Waals surface area contributed by atoms with Crippen molar-refractivity contribution in [1.29, 1.82) is 0 Å². The van der Waals surface area contributed by atoms with Crippen LogP contribution in [0, 0.1) is 6.92 Å². The molecule has 1 fully saturated rings. The van der Waals surface area contributed by atoms with Crippen molar-refractivity contribution in [2.45, 2.75) is 26.3 Å². The van der Waals surface area contributed by atoms with Crippen LogP contribution in [0.15, 0.2) is 40.7 Å². The molecule has 0 saturated carbocycles. The number of thiophene rings is 1. The highest BCUT2D eigenvalue weighted by molar-refractivity contribution is 14.0. The van der Waals surface area contributed by atoms with Crippen molar-refractivity contribution in [3.05, 3.63) is 51.7 Å². The maximum Gasteiger partial charge on any atom is 0.191 e. The number of rotatable bonds is 9. The van der Waals surface area contributed by atoms with E-state index in [-0.39, 0.29) is 24.0 Å². The fourth-order valence-electron chi connectivity index (χ4n) is 3.62. The molecule has 172 valence electrons. The van der Waals surface area contributed by atoms with Gasteiger partial charge in [-0.3, -0.25) is 9.89 Å². The molecule has 2 heterocycles. The van der Waals surface area contributed by atoms with Gasteiger partial charge in [-0.15, -0.1) is 35.3 Å². The summed E-state index contributed by atoms with van der Waals surface area (Å²) in [6, 6.07) is 11.0. The molecule has 1 atom stereocenters. The zero-order valence-corrected chi connectivity index (χ0v) is 21.9. The molecule has 0 radical (unpaired) electrons. The molecule has 1 aromatic heterocycles. The van der Waals surface area contributed by atoms with Crippen molar-refractivity contribution in [2.75, 3.05) is 53.0 Å². The average molecular weight is 559 g/mol. The minimum atomic E-state index is 0. The van der Waals surface area contributed by atoms with Gasteiger partial charge < -0.3 is 20.1 Å². The van der Waals surface area contributed by atoms with Crippen molar-refractivity contribution in [2.24, 2.45) is 4.99 Å². The third-order valence-electron chi connectivity index (χ3n) is 5.30. The Hall–Kier alpha value is -1.36. The quantitative estimate of drug-likeness (QED) is 0.278. The van der Waals surface area contributed by atoms with Crippen LogP contribution in [0.25, 0.3) is 0 Å². The highest BCUT2D eigenvalue weighted by Gasteiger charge is 2.23. The van der Waals surface area contributed by atoms with Gasteiger partial charge in [0.25, 0.3) is 0 Å². The number of hydrogen-bond donors (Lipinski definition) is 2. The lowest BCUT2D eigenvalue weighted by atomic mass is 10.1. The largest absolute Gasteiger partial charge is 0.496 e. The van der Waals surface area contributed by atoms with E-state index < -0.39 is 0 Å². The normalized spacial score (nSPS) is 15.8. The molecule has 8 heteroatoms. The van der Waals surface area contributed by atoms with E-state index >= 15 is 0 Å². The molecule has 2 N–H and O–H groups in total. The molecule has 0 bridgehead atoms. The number of benzene rings is 1. The lowest BCUT2D eigenvalue weighted by Crippen LogP contribution is -2.42. The van der Waals surface area contributed by atoms with Gasteiger partial charge in [0.05, 0.1) is 32.9 Å². The Balaban J connectivity index is 0.00000341. The van der Waals surface area contributed by atoms with E-state index in [0.717, 1.165) is 69.6 Å². The molecule has 0 amide bonds. The van der Waals surface area contributed by atoms with E-state index in [1.54, 1.807) is 18.4 Å². The molecule has 1 aliphatic rings. The summed E-state index contributed by atoms with van der Waals surface area (Å²) in [7, 11) is 1.72. The number of methoxy groups -OCH3 is 1. The molecular weight excluding hydrogens is 523 g/mol. The Morgan fingerprint density at radius 3 is 2.74 bits per heavy atom. The van der Waals surface area contributed by atoms with Crippen LogP contribution in [-0.4, -0.2) is 63.9 Å². The van der Waals surface area contributed by atoms with E-state index in [0.29, 0.717) is 6.04 Å². The van der Waals surface area contributed by atoms with Crippen molar-refractivity contribution in [3.63, 3.8) is 0 Å². The minimum absolute atomic E-state index is 0. The third-order valence-corrected chi connectivity index (χ3v) is 6.28. The maximum absolute atomic E-state index is 5.54. The van der Waals surface area contributed by atoms with E-state index in [2.05, 4.69) is 65.1 Å². The summed E-state index contributed by atoms with van der Waals surface area (Å²) in [6.45, 7) is 10.1. The molecule has 0 spiro atoms. The highest BCUT2D eigenvalue weighted by Crippen LogP contribution is 2.26. The third kappa shape index (κ3) is 7.93. The number of nitrogens with one attached hydrogen (secondary N) is 2. The first-order valence-electron chi connectivity index (χ1n) is 10.7. The molecule has 3 rings (SSSR count). The molecule has 31 heavy (non-hydrogen) atoms. The smallest absolute Gasteiger partial charge is 0.191 e. The van der Waals surface area contributed by atoms with Crippen LogP contribution in [-0.2, 0) is 11.2 Å². The Labute approximate surface area is 207 Å².